The smallest absolute Gasteiger partial charge is 0.241 e. The van der Waals surface area contributed by atoms with Crippen molar-refractivity contribution < 1.29 is 13.2 Å². The van der Waals surface area contributed by atoms with Gasteiger partial charge in [-0.3, -0.25) is 4.79 Å². The Kier molecular flexibility index (Phi) is 7.51. The molecule has 1 saturated heterocycles. The van der Waals surface area contributed by atoms with Crippen molar-refractivity contribution in [1.29, 1.82) is 0 Å². The van der Waals surface area contributed by atoms with Crippen molar-refractivity contribution in [1.82, 2.24) is 10.6 Å². The van der Waals surface area contributed by atoms with Crippen LogP contribution in [-0.2, 0) is 21.1 Å². The SMILES string of the molecule is CS(=O)(=O)C1(C(=O)NCCc2ccc(Br)cc2)CCNCC1.Cl. The molecule has 0 bridgehead atoms. The Balaban J connectivity index is 0.00000264. The highest BCUT2D eigenvalue weighted by molar-refractivity contribution is 9.10. The number of amides is 1. The third-order valence-electron chi connectivity index (χ3n) is 4.15. The van der Waals surface area contributed by atoms with Gasteiger partial charge in [0.1, 0.15) is 0 Å². The Morgan fingerprint density at radius 1 is 1.26 bits per heavy atom. The maximum absolute atomic E-state index is 12.5. The number of sulfone groups is 1. The summed E-state index contributed by atoms with van der Waals surface area (Å²) in [5, 5.41) is 5.91. The van der Waals surface area contributed by atoms with Crippen molar-refractivity contribution in [3.8, 4) is 0 Å². The number of carbonyl (C=O) groups excluding carboxylic acids is 1. The second kappa shape index (κ2) is 8.46. The number of rotatable bonds is 5. The van der Waals surface area contributed by atoms with Gasteiger partial charge in [-0.15, -0.1) is 12.4 Å². The Morgan fingerprint density at radius 2 is 1.83 bits per heavy atom. The maximum atomic E-state index is 12.5. The fraction of sp³-hybridized carbons (Fsp3) is 0.533. The van der Waals surface area contributed by atoms with Crippen LogP contribution in [0.3, 0.4) is 0 Å². The molecular formula is C15H22BrClN2O3S. The Labute approximate surface area is 152 Å². The van der Waals surface area contributed by atoms with Gasteiger partial charge < -0.3 is 10.6 Å². The van der Waals surface area contributed by atoms with Crippen molar-refractivity contribution in [2.24, 2.45) is 0 Å². The first-order chi connectivity index (χ1) is 10.3. The molecular weight excluding hydrogens is 404 g/mol. The van der Waals surface area contributed by atoms with Gasteiger partial charge in [0.05, 0.1) is 0 Å². The molecule has 1 aliphatic rings. The summed E-state index contributed by atoms with van der Waals surface area (Å²) in [4.78, 5) is 12.5. The van der Waals surface area contributed by atoms with E-state index in [-0.39, 0.29) is 18.3 Å². The summed E-state index contributed by atoms with van der Waals surface area (Å²) >= 11 is 3.38. The number of nitrogens with one attached hydrogen (secondary N) is 2. The first kappa shape index (κ1) is 20.4. The topological polar surface area (TPSA) is 75.3 Å². The molecule has 0 atom stereocenters. The zero-order chi connectivity index (χ0) is 16.2. The first-order valence-corrected chi connectivity index (χ1v) is 9.97. The summed E-state index contributed by atoms with van der Waals surface area (Å²) in [5.74, 6) is -0.367. The van der Waals surface area contributed by atoms with E-state index in [1.807, 2.05) is 24.3 Å². The highest BCUT2D eigenvalue weighted by atomic mass is 79.9. The highest BCUT2D eigenvalue weighted by Gasteiger charge is 2.48. The number of piperidine rings is 1. The average Bonchev–Trinajstić information content (AvgIpc) is 2.49. The fourth-order valence-corrected chi connectivity index (χ4v) is 4.35. The van der Waals surface area contributed by atoms with E-state index in [0.29, 0.717) is 38.9 Å². The van der Waals surface area contributed by atoms with E-state index < -0.39 is 14.6 Å². The Bertz CT molecular complexity index is 629. The zero-order valence-corrected chi connectivity index (χ0v) is 16.2. The molecule has 0 radical (unpaired) electrons. The minimum Gasteiger partial charge on any atom is -0.354 e. The predicted octanol–water partition coefficient (Wildman–Crippen LogP) is 1.70. The molecule has 8 heteroatoms. The highest BCUT2D eigenvalue weighted by Crippen LogP contribution is 2.27. The van der Waals surface area contributed by atoms with Crippen molar-refractivity contribution in [2.75, 3.05) is 25.9 Å². The molecule has 1 aliphatic heterocycles. The first-order valence-electron chi connectivity index (χ1n) is 7.28. The molecule has 1 fully saturated rings. The van der Waals surface area contributed by atoms with Gasteiger partial charge in [0.15, 0.2) is 14.6 Å². The maximum Gasteiger partial charge on any atom is 0.241 e. The molecule has 0 aliphatic carbocycles. The van der Waals surface area contributed by atoms with E-state index in [1.165, 1.54) is 0 Å². The summed E-state index contributed by atoms with van der Waals surface area (Å²) in [6, 6.07) is 7.85. The molecule has 5 nitrogen and oxygen atoms in total. The van der Waals surface area contributed by atoms with Crippen molar-refractivity contribution in [3.63, 3.8) is 0 Å². The minimum absolute atomic E-state index is 0. The van der Waals surface area contributed by atoms with Gasteiger partial charge in [-0.1, -0.05) is 28.1 Å². The molecule has 0 spiro atoms. The van der Waals surface area contributed by atoms with Crippen molar-refractivity contribution in [2.45, 2.75) is 24.0 Å². The average molecular weight is 426 g/mol. The molecule has 1 amide bonds. The summed E-state index contributed by atoms with van der Waals surface area (Å²) in [6.45, 7) is 1.53. The monoisotopic (exact) mass is 424 g/mol. The molecule has 130 valence electrons. The van der Waals surface area contributed by atoms with Crippen molar-refractivity contribution >= 4 is 44.1 Å². The van der Waals surface area contributed by atoms with Gasteiger partial charge in [0.2, 0.25) is 5.91 Å². The second-order valence-corrected chi connectivity index (χ2v) is 8.89. The quantitative estimate of drug-likeness (QED) is 0.753. The van der Waals surface area contributed by atoms with E-state index >= 15 is 0 Å². The van der Waals surface area contributed by atoms with E-state index in [9.17, 15) is 13.2 Å². The molecule has 0 aromatic heterocycles. The summed E-state index contributed by atoms with van der Waals surface area (Å²) in [6.07, 6.45) is 2.50. The standard InChI is InChI=1S/C15H21BrN2O3S.ClH/c1-22(20,21)15(7-10-17-11-8-15)14(19)18-9-6-12-2-4-13(16)5-3-12;/h2-5,17H,6-11H2,1H3,(H,18,19);1H. The number of hydrogen-bond acceptors (Lipinski definition) is 4. The van der Waals surface area contributed by atoms with Crippen LogP contribution in [0.4, 0.5) is 0 Å². The molecule has 1 heterocycles. The van der Waals surface area contributed by atoms with Gasteiger partial charge in [0, 0.05) is 17.3 Å². The van der Waals surface area contributed by atoms with Crippen LogP contribution < -0.4 is 10.6 Å². The van der Waals surface area contributed by atoms with Gasteiger partial charge >= 0.3 is 0 Å². The Morgan fingerprint density at radius 3 is 2.35 bits per heavy atom. The second-order valence-electron chi connectivity index (χ2n) is 5.65. The number of carbonyl (C=O) groups is 1. The van der Waals surface area contributed by atoms with Crippen LogP contribution in [0, 0.1) is 0 Å². The van der Waals surface area contributed by atoms with Gasteiger partial charge in [-0.25, -0.2) is 8.42 Å². The normalized spacial score (nSPS) is 17.1. The molecule has 1 aromatic rings. The van der Waals surface area contributed by atoms with E-state index in [4.69, 9.17) is 0 Å². The fourth-order valence-electron chi connectivity index (χ4n) is 2.73. The largest absolute Gasteiger partial charge is 0.354 e. The van der Waals surface area contributed by atoms with E-state index in [1.54, 1.807) is 0 Å². The molecule has 2 N–H and O–H groups in total. The van der Waals surface area contributed by atoms with Gasteiger partial charge in [-0.2, -0.15) is 0 Å². The van der Waals surface area contributed by atoms with Gasteiger partial charge in [0.25, 0.3) is 0 Å². The summed E-state index contributed by atoms with van der Waals surface area (Å²) in [5.41, 5.74) is 1.10. The summed E-state index contributed by atoms with van der Waals surface area (Å²) < 4.78 is 24.0. The van der Waals surface area contributed by atoms with Crippen LogP contribution in [0.2, 0.25) is 0 Å². The number of benzene rings is 1. The third-order valence-corrected chi connectivity index (χ3v) is 6.69. The van der Waals surface area contributed by atoms with Crippen LogP contribution in [0.1, 0.15) is 18.4 Å². The molecule has 1 aromatic carbocycles. The van der Waals surface area contributed by atoms with Crippen LogP contribution in [0.25, 0.3) is 0 Å². The lowest BCUT2D eigenvalue weighted by molar-refractivity contribution is -0.124. The molecule has 0 saturated carbocycles. The molecule has 0 unspecified atom stereocenters. The molecule has 23 heavy (non-hydrogen) atoms. The van der Waals surface area contributed by atoms with Crippen molar-refractivity contribution in [3.05, 3.63) is 34.3 Å². The van der Waals surface area contributed by atoms with Crippen LogP contribution >= 0.6 is 28.3 Å². The molecule has 2 rings (SSSR count). The van der Waals surface area contributed by atoms with E-state index in [0.717, 1.165) is 16.3 Å². The van der Waals surface area contributed by atoms with E-state index in [2.05, 4.69) is 26.6 Å². The van der Waals surface area contributed by atoms with Crippen LogP contribution in [0.5, 0.6) is 0 Å². The lowest BCUT2D eigenvalue weighted by Gasteiger charge is -2.34. The lowest BCUT2D eigenvalue weighted by Crippen LogP contribution is -2.57. The minimum atomic E-state index is -3.45. The number of hydrogen-bond donors (Lipinski definition) is 2. The predicted molar refractivity (Wildman–Crippen MR) is 97.8 cm³/mol. The zero-order valence-electron chi connectivity index (χ0n) is 13.0. The van der Waals surface area contributed by atoms with Crippen LogP contribution in [-0.4, -0.2) is 45.0 Å². The third kappa shape index (κ3) is 4.92. The lowest BCUT2D eigenvalue weighted by atomic mass is 9.95. The number of halogens is 2. The summed E-state index contributed by atoms with van der Waals surface area (Å²) in [7, 11) is -3.45. The van der Waals surface area contributed by atoms with Crippen LogP contribution in [0.15, 0.2) is 28.7 Å². The van der Waals surface area contributed by atoms with Gasteiger partial charge in [-0.05, 0) is 50.0 Å². The Hall–Kier alpha value is -0.630.